The summed E-state index contributed by atoms with van der Waals surface area (Å²) in [7, 11) is 0. The van der Waals surface area contributed by atoms with E-state index in [9.17, 15) is 9.18 Å². The van der Waals surface area contributed by atoms with Gasteiger partial charge < -0.3 is 15.8 Å². The molecular weight excluding hydrogens is 307 g/mol. The lowest BCUT2D eigenvalue weighted by molar-refractivity contribution is -0.120. The minimum absolute atomic E-state index is 0.0879. The first kappa shape index (κ1) is 17.9. The van der Waals surface area contributed by atoms with Crippen molar-refractivity contribution in [2.75, 3.05) is 5.32 Å². The molecule has 0 aliphatic rings. The summed E-state index contributed by atoms with van der Waals surface area (Å²) in [4.78, 5) is 12.5. The molecule has 0 spiro atoms. The monoisotopic (exact) mass is 330 g/mol. The number of carbonyl (C=O) groups is 1. The molecule has 0 bridgehead atoms. The average Bonchev–Trinajstić information content (AvgIpc) is 2.56. The first-order chi connectivity index (χ1) is 11.4. The van der Waals surface area contributed by atoms with Crippen LogP contribution in [0.2, 0.25) is 0 Å². The van der Waals surface area contributed by atoms with E-state index in [1.165, 1.54) is 18.2 Å². The van der Waals surface area contributed by atoms with Crippen molar-refractivity contribution in [3.8, 4) is 5.75 Å². The molecule has 128 valence electrons. The number of ether oxygens (including phenoxy) is 1. The van der Waals surface area contributed by atoms with Crippen molar-refractivity contribution >= 4 is 11.6 Å². The van der Waals surface area contributed by atoms with Crippen LogP contribution in [0, 0.1) is 11.7 Å². The Kier molecular flexibility index (Phi) is 5.93. The van der Waals surface area contributed by atoms with Crippen LogP contribution in [0.5, 0.6) is 5.75 Å². The first-order valence-electron chi connectivity index (χ1n) is 7.96. The zero-order valence-corrected chi connectivity index (χ0v) is 14.1. The number of halogens is 1. The van der Waals surface area contributed by atoms with Crippen molar-refractivity contribution in [2.24, 2.45) is 11.7 Å². The Hall–Kier alpha value is -2.40. The number of nitrogens with two attached hydrogens (primary N) is 1. The maximum Gasteiger partial charge on any atom is 0.229 e. The van der Waals surface area contributed by atoms with Gasteiger partial charge in [-0.3, -0.25) is 4.79 Å². The second-order valence-corrected chi connectivity index (χ2v) is 6.02. The molecule has 0 saturated carbocycles. The number of hydrogen-bond donors (Lipinski definition) is 2. The van der Waals surface area contributed by atoms with Gasteiger partial charge in [0.25, 0.3) is 0 Å². The number of amides is 1. The summed E-state index contributed by atoms with van der Waals surface area (Å²) >= 11 is 0. The highest BCUT2D eigenvalue weighted by atomic mass is 19.1. The quantitative estimate of drug-likeness (QED) is 0.844. The van der Waals surface area contributed by atoms with Crippen molar-refractivity contribution in [2.45, 2.75) is 32.9 Å². The van der Waals surface area contributed by atoms with Crippen LogP contribution in [-0.2, 0) is 4.79 Å². The van der Waals surface area contributed by atoms with E-state index in [4.69, 9.17) is 10.5 Å². The Morgan fingerprint density at radius 1 is 1.12 bits per heavy atom. The molecule has 2 unspecified atom stereocenters. The molecule has 3 N–H and O–H groups in total. The van der Waals surface area contributed by atoms with E-state index in [1.807, 2.05) is 44.2 Å². The van der Waals surface area contributed by atoms with Gasteiger partial charge in [-0.15, -0.1) is 0 Å². The summed E-state index contributed by atoms with van der Waals surface area (Å²) in [6.07, 6.45) is -0.0879. The number of carbonyl (C=O) groups excluding carboxylic acids is 1. The SMILES string of the molecule is CC(C)Oc1ccc(F)cc1NC(=O)C(C)C(N)c1ccccc1. The van der Waals surface area contributed by atoms with Crippen LogP contribution < -0.4 is 15.8 Å². The summed E-state index contributed by atoms with van der Waals surface area (Å²) in [5, 5.41) is 2.72. The molecule has 2 aromatic rings. The largest absolute Gasteiger partial charge is 0.489 e. The van der Waals surface area contributed by atoms with Crippen LogP contribution in [0.4, 0.5) is 10.1 Å². The van der Waals surface area contributed by atoms with E-state index in [-0.39, 0.29) is 12.0 Å². The Balaban J connectivity index is 2.15. The van der Waals surface area contributed by atoms with Crippen LogP contribution in [0.15, 0.2) is 48.5 Å². The van der Waals surface area contributed by atoms with Gasteiger partial charge in [0.2, 0.25) is 5.91 Å². The van der Waals surface area contributed by atoms with Gasteiger partial charge >= 0.3 is 0 Å². The molecule has 0 aromatic heterocycles. The van der Waals surface area contributed by atoms with Crippen LogP contribution in [0.25, 0.3) is 0 Å². The van der Waals surface area contributed by atoms with Gasteiger partial charge in [0, 0.05) is 12.1 Å². The van der Waals surface area contributed by atoms with Gasteiger partial charge in [0.05, 0.1) is 17.7 Å². The molecule has 0 aliphatic carbocycles. The van der Waals surface area contributed by atoms with Gasteiger partial charge in [-0.1, -0.05) is 37.3 Å². The lowest BCUT2D eigenvalue weighted by atomic mass is 9.94. The van der Waals surface area contributed by atoms with Crippen LogP contribution in [0.1, 0.15) is 32.4 Å². The van der Waals surface area contributed by atoms with Gasteiger partial charge in [-0.25, -0.2) is 4.39 Å². The van der Waals surface area contributed by atoms with Gasteiger partial charge in [-0.05, 0) is 31.5 Å². The van der Waals surface area contributed by atoms with Crippen molar-refractivity contribution in [1.82, 2.24) is 0 Å². The van der Waals surface area contributed by atoms with Crippen molar-refractivity contribution in [3.63, 3.8) is 0 Å². The third-order valence-electron chi connectivity index (χ3n) is 3.70. The van der Waals surface area contributed by atoms with Gasteiger partial charge in [-0.2, -0.15) is 0 Å². The van der Waals surface area contributed by atoms with Gasteiger partial charge in [0.1, 0.15) is 11.6 Å². The fourth-order valence-electron chi connectivity index (χ4n) is 2.33. The van der Waals surface area contributed by atoms with E-state index < -0.39 is 17.8 Å². The number of rotatable bonds is 6. The Labute approximate surface area is 141 Å². The number of nitrogens with one attached hydrogen (secondary N) is 1. The lowest BCUT2D eigenvalue weighted by Crippen LogP contribution is -2.30. The predicted molar refractivity (Wildman–Crippen MR) is 93.3 cm³/mol. The highest BCUT2D eigenvalue weighted by Gasteiger charge is 2.23. The normalized spacial score (nSPS) is 13.4. The summed E-state index contributed by atoms with van der Waals surface area (Å²) in [5.41, 5.74) is 7.36. The molecule has 0 aliphatic heterocycles. The Morgan fingerprint density at radius 2 is 1.79 bits per heavy atom. The Bertz CT molecular complexity index is 689. The van der Waals surface area contributed by atoms with Crippen LogP contribution in [0.3, 0.4) is 0 Å². The second-order valence-electron chi connectivity index (χ2n) is 6.02. The first-order valence-corrected chi connectivity index (χ1v) is 7.96. The van der Waals surface area contributed by atoms with Crippen LogP contribution >= 0.6 is 0 Å². The van der Waals surface area contributed by atoms with E-state index in [2.05, 4.69) is 5.32 Å². The van der Waals surface area contributed by atoms with E-state index in [1.54, 1.807) is 6.92 Å². The van der Waals surface area contributed by atoms with Crippen LogP contribution in [-0.4, -0.2) is 12.0 Å². The highest BCUT2D eigenvalue weighted by Crippen LogP contribution is 2.28. The standard InChI is InChI=1S/C19H23FN2O2/c1-12(2)24-17-10-9-15(20)11-16(17)22-19(23)13(3)18(21)14-7-5-4-6-8-14/h4-13,18H,21H2,1-3H3,(H,22,23). The molecule has 0 radical (unpaired) electrons. The fraction of sp³-hybridized carbons (Fsp3) is 0.316. The van der Waals surface area contributed by atoms with Crippen molar-refractivity contribution in [1.29, 1.82) is 0 Å². The average molecular weight is 330 g/mol. The summed E-state index contributed by atoms with van der Waals surface area (Å²) in [5.74, 6) is -0.783. The van der Waals surface area contributed by atoms with Gasteiger partial charge in [0.15, 0.2) is 0 Å². The molecule has 4 nitrogen and oxygen atoms in total. The number of benzene rings is 2. The number of anilines is 1. The highest BCUT2D eigenvalue weighted by molar-refractivity contribution is 5.94. The molecule has 5 heteroatoms. The van der Waals surface area contributed by atoms with E-state index in [0.717, 1.165) is 5.56 Å². The van der Waals surface area contributed by atoms with E-state index in [0.29, 0.717) is 11.4 Å². The maximum atomic E-state index is 13.5. The summed E-state index contributed by atoms with van der Waals surface area (Å²) < 4.78 is 19.1. The number of hydrogen-bond acceptors (Lipinski definition) is 3. The second kappa shape index (κ2) is 7.93. The molecule has 0 heterocycles. The molecule has 2 rings (SSSR count). The topological polar surface area (TPSA) is 64.3 Å². The molecule has 0 fully saturated rings. The molecule has 2 aromatic carbocycles. The zero-order chi connectivity index (χ0) is 17.7. The lowest BCUT2D eigenvalue weighted by Gasteiger charge is -2.21. The molecule has 24 heavy (non-hydrogen) atoms. The van der Waals surface area contributed by atoms with Crippen molar-refractivity contribution < 1.29 is 13.9 Å². The molecule has 1 amide bonds. The third-order valence-corrected chi connectivity index (χ3v) is 3.70. The molecular formula is C19H23FN2O2. The summed E-state index contributed by atoms with van der Waals surface area (Å²) in [6.45, 7) is 5.47. The Morgan fingerprint density at radius 3 is 2.42 bits per heavy atom. The molecule has 0 saturated heterocycles. The predicted octanol–water partition coefficient (Wildman–Crippen LogP) is 3.89. The minimum Gasteiger partial charge on any atom is -0.489 e. The smallest absolute Gasteiger partial charge is 0.229 e. The molecule has 2 atom stereocenters. The third kappa shape index (κ3) is 4.55. The summed E-state index contributed by atoms with van der Waals surface area (Å²) in [6, 6.07) is 13.0. The zero-order valence-electron chi connectivity index (χ0n) is 14.1. The van der Waals surface area contributed by atoms with E-state index >= 15 is 0 Å². The minimum atomic E-state index is -0.484. The fourth-order valence-corrected chi connectivity index (χ4v) is 2.33. The van der Waals surface area contributed by atoms with Crippen molar-refractivity contribution in [3.05, 3.63) is 59.9 Å². The maximum absolute atomic E-state index is 13.5.